The van der Waals surface area contributed by atoms with Crippen molar-refractivity contribution >= 4 is 11.7 Å². The van der Waals surface area contributed by atoms with Gasteiger partial charge in [0.05, 0.1) is 0 Å². The van der Waals surface area contributed by atoms with E-state index in [1.807, 2.05) is 25.1 Å². The van der Waals surface area contributed by atoms with Crippen LogP contribution in [0.1, 0.15) is 11.3 Å². The number of aromatic nitrogens is 2. The Morgan fingerprint density at radius 3 is 2.95 bits per heavy atom. The van der Waals surface area contributed by atoms with E-state index < -0.39 is 0 Å². The highest BCUT2D eigenvalue weighted by molar-refractivity contribution is 5.90. The molecule has 2 rings (SSSR count). The Morgan fingerprint density at radius 1 is 1.47 bits per heavy atom. The van der Waals surface area contributed by atoms with Gasteiger partial charge in [-0.1, -0.05) is 18.2 Å². The zero-order chi connectivity index (χ0) is 13.7. The third-order valence-corrected chi connectivity index (χ3v) is 2.52. The molecule has 2 aromatic rings. The Morgan fingerprint density at radius 2 is 2.26 bits per heavy atom. The summed E-state index contributed by atoms with van der Waals surface area (Å²) < 4.78 is 5.44. The molecule has 0 aliphatic rings. The molecule has 6 heteroatoms. The number of amides is 1. The fourth-order valence-corrected chi connectivity index (χ4v) is 1.62. The number of aryl methyl sites for hydroxylation is 1. The van der Waals surface area contributed by atoms with Crippen LogP contribution in [0.4, 0.5) is 5.82 Å². The van der Waals surface area contributed by atoms with E-state index in [4.69, 9.17) is 10.5 Å². The molecule has 0 spiro atoms. The minimum Gasteiger partial charge on any atom is -0.483 e. The first kappa shape index (κ1) is 13.1. The second-order valence-electron chi connectivity index (χ2n) is 4.08. The average Bonchev–Trinajstić information content (AvgIpc) is 2.82. The van der Waals surface area contributed by atoms with Crippen molar-refractivity contribution in [2.24, 2.45) is 5.73 Å². The molecule has 0 saturated carbocycles. The number of H-pyrrole nitrogens is 1. The van der Waals surface area contributed by atoms with Gasteiger partial charge in [-0.2, -0.15) is 5.10 Å². The Bertz CT molecular complexity index is 565. The summed E-state index contributed by atoms with van der Waals surface area (Å²) in [6, 6.07) is 9.11. The number of benzene rings is 1. The summed E-state index contributed by atoms with van der Waals surface area (Å²) in [7, 11) is 0. The molecule has 1 aromatic carbocycles. The van der Waals surface area contributed by atoms with Crippen LogP contribution in [0.25, 0.3) is 0 Å². The SMILES string of the molecule is Cc1cc(NC(=O)COc2ccccc2CN)n[nH]1. The largest absolute Gasteiger partial charge is 0.483 e. The van der Waals surface area contributed by atoms with Gasteiger partial charge < -0.3 is 15.8 Å². The quantitative estimate of drug-likeness (QED) is 0.753. The van der Waals surface area contributed by atoms with Crippen LogP contribution in [0, 0.1) is 6.92 Å². The number of para-hydroxylation sites is 1. The summed E-state index contributed by atoms with van der Waals surface area (Å²) in [5.74, 6) is 0.842. The van der Waals surface area contributed by atoms with Gasteiger partial charge >= 0.3 is 0 Å². The number of hydrogen-bond acceptors (Lipinski definition) is 4. The monoisotopic (exact) mass is 260 g/mol. The van der Waals surface area contributed by atoms with Gasteiger partial charge in [0.25, 0.3) is 5.91 Å². The first-order valence-corrected chi connectivity index (χ1v) is 5.91. The minimum absolute atomic E-state index is 0.0804. The normalized spacial score (nSPS) is 10.2. The number of nitrogens with zero attached hydrogens (tertiary/aromatic N) is 1. The van der Waals surface area contributed by atoms with E-state index in [1.165, 1.54) is 0 Å². The molecule has 6 nitrogen and oxygen atoms in total. The van der Waals surface area contributed by atoms with Gasteiger partial charge in [0, 0.05) is 23.9 Å². The maximum atomic E-state index is 11.7. The van der Waals surface area contributed by atoms with Gasteiger partial charge in [-0.15, -0.1) is 0 Å². The molecule has 0 saturated heterocycles. The molecule has 0 aliphatic heterocycles. The summed E-state index contributed by atoms with van der Waals surface area (Å²) in [6.45, 7) is 2.15. The number of anilines is 1. The molecule has 0 fully saturated rings. The number of ether oxygens (including phenoxy) is 1. The molecular weight excluding hydrogens is 244 g/mol. The first-order chi connectivity index (χ1) is 9.19. The molecule has 1 amide bonds. The second kappa shape index (κ2) is 6.01. The van der Waals surface area contributed by atoms with E-state index in [0.29, 0.717) is 18.1 Å². The van der Waals surface area contributed by atoms with E-state index in [-0.39, 0.29) is 12.5 Å². The molecule has 100 valence electrons. The maximum absolute atomic E-state index is 11.7. The highest BCUT2D eigenvalue weighted by atomic mass is 16.5. The number of hydrogen-bond donors (Lipinski definition) is 3. The van der Waals surface area contributed by atoms with Crippen LogP contribution in [-0.4, -0.2) is 22.7 Å². The number of rotatable bonds is 5. The Balaban J connectivity index is 1.89. The number of carbonyl (C=O) groups excluding carboxylic acids is 1. The number of aromatic amines is 1. The number of carbonyl (C=O) groups is 1. The molecule has 1 heterocycles. The molecule has 0 radical (unpaired) electrons. The van der Waals surface area contributed by atoms with Crippen molar-refractivity contribution in [3.8, 4) is 5.75 Å². The maximum Gasteiger partial charge on any atom is 0.263 e. The summed E-state index contributed by atoms with van der Waals surface area (Å²) in [6.07, 6.45) is 0. The summed E-state index contributed by atoms with van der Waals surface area (Å²) in [5.41, 5.74) is 7.33. The standard InChI is InChI=1S/C13H16N4O2/c1-9-6-12(17-16-9)15-13(18)8-19-11-5-3-2-4-10(11)7-14/h2-6H,7-8,14H2,1H3,(H2,15,16,17,18). The highest BCUT2D eigenvalue weighted by Gasteiger charge is 2.07. The van der Waals surface area contributed by atoms with Crippen LogP contribution >= 0.6 is 0 Å². The third-order valence-electron chi connectivity index (χ3n) is 2.52. The van der Waals surface area contributed by atoms with Crippen LogP contribution in [0.5, 0.6) is 5.75 Å². The lowest BCUT2D eigenvalue weighted by atomic mass is 10.2. The smallest absolute Gasteiger partial charge is 0.263 e. The molecule has 4 N–H and O–H groups in total. The lowest BCUT2D eigenvalue weighted by Gasteiger charge is -2.09. The van der Waals surface area contributed by atoms with Crippen LogP contribution in [0.2, 0.25) is 0 Å². The average molecular weight is 260 g/mol. The van der Waals surface area contributed by atoms with Crippen molar-refractivity contribution < 1.29 is 9.53 Å². The molecule has 0 bridgehead atoms. The van der Waals surface area contributed by atoms with E-state index in [0.717, 1.165) is 11.3 Å². The summed E-state index contributed by atoms with van der Waals surface area (Å²) in [5, 5.41) is 9.29. The van der Waals surface area contributed by atoms with Crippen LogP contribution in [0.15, 0.2) is 30.3 Å². The van der Waals surface area contributed by atoms with Gasteiger partial charge in [0.15, 0.2) is 12.4 Å². The van der Waals surface area contributed by atoms with Crippen LogP contribution in [-0.2, 0) is 11.3 Å². The van der Waals surface area contributed by atoms with E-state index in [9.17, 15) is 4.79 Å². The molecule has 19 heavy (non-hydrogen) atoms. The zero-order valence-corrected chi connectivity index (χ0v) is 10.6. The zero-order valence-electron chi connectivity index (χ0n) is 10.6. The van der Waals surface area contributed by atoms with Crippen LogP contribution < -0.4 is 15.8 Å². The Labute approximate surface area is 111 Å². The first-order valence-electron chi connectivity index (χ1n) is 5.91. The molecular formula is C13H16N4O2. The minimum atomic E-state index is -0.265. The van der Waals surface area contributed by atoms with E-state index >= 15 is 0 Å². The lowest BCUT2D eigenvalue weighted by molar-refractivity contribution is -0.118. The topological polar surface area (TPSA) is 93.0 Å². The highest BCUT2D eigenvalue weighted by Crippen LogP contribution is 2.16. The lowest BCUT2D eigenvalue weighted by Crippen LogP contribution is -2.20. The van der Waals surface area contributed by atoms with Crippen molar-refractivity contribution in [2.45, 2.75) is 13.5 Å². The van der Waals surface area contributed by atoms with Gasteiger partial charge in [-0.25, -0.2) is 0 Å². The van der Waals surface area contributed by atoms with Crippen LogP contribution in [0.3, 0.4) is 0 Å². The third kappa shape index (κ3) is 3.56. The predicted octanol–water partition coefficient (Wildman–Crippen LogP) is 1.19. The molecule has 0 atom stereocenters. The summed E-state index contributed by atoms with van der Waals surface area (Å²) in [4.78, 5) is 11.7. The van der Waals surface area contributed by atoms with Gasteiger partial charge in [0.1, 0.15) is 5.75 Å². The predicted molar refractivity (Wildman–Crippen MR) is 71.8 cm³/mol. The molecule has 0 aliphatic carbocycles. The van der Waals surface area contributed by atoms with Gasteiger partial charge in [-0.3, -0.25) is 9.89 Å². The molecule has 0 unspecified atom stereocenters. The van der Waals surface area contributed by atoms with Crippen molar-refractivity contribution in [1.29, 1.82) is 0 Å². The fourth-order valence-electron chi connectivity index (χ4n) is 1.62. The second-order valence-corrected chi connectivity index (χ2v) is 4.08. The van der Waals surface area contributed by atoms with E-state index in [2.05, 4.69) is 15.5 Å². The van der Waals surface area contributed by atoms with Gasteiger partial charge in [0.2, 0.25) is 0 Å². The van der Waals surface area contributed by atoms with E-state index in [1.54, 1.807) is 12.1 Å². The van der Waals surface area contributed by atoms with Crippen molar-refractivity contribution in [2.75, 3.05) is 11.9 Å². The molecule has 1 aromatic heterocycles. The Kier molecular flexibility index (Phi) is 4.15. The number of nitrogens with two attached hydrogens (primary N) is 1. The number of nitrogens with one attached hydrogen (secondary N) is 2. The van der Waals surface area contributed by atoms with Gasteiger partial charge in [-0.05, 0) is 13.0 Å². The Hall–Kier alpha value is -2.34. The van der Waals surface area contributed by atoms with Crippen molar-refractivity contribution in [3.63, 3.8) is 0 Å². The fraction of sp³-hybridized carbons (Fsp3) is 0.231. The summed E-state index contributed by atoms with van der Waals surface area (Å²) >= 11 is 0. The van der Waals surface area contributed by atoms with Crippen molar-refractivity contribution in [3.05, 3.63) is 41.6 Å². The van der Waals surface area contributed by atoms with Crippen molar-refractivity contribution in [1.82, 2.24) is 10.2 Å².